The van der Waals surface area contributed by atoms with Crippen LogP contribution >= 0.6 is 0 Å². The number of nitrogens with zero attached hydrogens (tertiary/aromatic N) is 2. The molecule has 0 saturated heterocycles. The first-order valence-corrected chi connectivity index (χ1v) is 8.29. The number of aliphatic imine (C=N–C) groups is 1. The van der Waals surface area contributed by atoms with E-state index in [9.17, 15) is 13.2 Å². The van der Waals surface area contributed by atoms with Crippen molar-refractivity contribution in [2.45, 2.75) is 12.6 Å². The van der Waals surface area contributed by atoms with Gasteiger partial charge < -0.3 is 9.64 Å². The van der Waals surface area contributed by atoms with Crippen LogP contribution in [0.25, 0.3) is 23.3 Å². The molecule has 0 aliphatic carbocycles. The van der Waals surface area contributed by atoms with Gasteiger partial charge in [-0.1, -0.05) is 18.2 Å². The fourth-order valence-corrected chi connectivity index (χ4v) is 3.68. The van der Waals surface area contributed by atoms with Gasteiger partial charge in [0.15, 0.2) is 0 Å². The predicted molar refractivity (Wildman–Crippen MR) is 97.7 cm³/mol. The van der Waals surface area contributed by atoms with Gasteiger partial charge in [-0.05, 0) is 30.2 Å². The first-order chi connectivity index (χ1) is 12.4. The van der Waals surface area contributed by atoms with Crippen molar-refractivity contribution in [3.05, 3.63) is 40.3 Å². The molecule has 0 radical (unpaired) electrons. The van der Waals surface area contributed by atoms with Gasteiger partial charge in [-0.3, -0.25) is 4.99 Å². The third-order valence-electron chi connectivity index (χ3n) is 4.83. The van der Waals surface area contributed by atoms with E-state index < -0.39 is 11.7 Å². The molecule has 0 unspecified atom stereocenters. The van der Waals surface area contributed by atoms with Gasteiger partial charge in [0, 0.05) is 35.8 Å². The lowest BCUT2D eigenvalue weighted by atomic mass is 9.91. The molecular weight excluding hydrogens is 341 g/mol. The van der Waals surface area contributed by atoms with E-state index in [0.29, 0.717) is 28.8 Å². The molecule has 2 aliphatic rings. The molecule has 6 heteroatoms. The third kappa shape index (κ3) is 2.48. The van der Waals surface area contributed by atoms with Crippen molar-refractivity contribution >= 4 is 29.7 Å². The first-order valence-electron chi connectivity index (χ1n) is 8.29. The Bertz CT molecular complexity index is 1020. The standard InChI is InChI=1S/C20H17F3N2O/c1-25-11-3-4-15-14-9-10-24-18(14)17(20(21,22)23)16(19(15)25)12-5-7-13(26-2)8-6-12/h4-10H,3,11H2,1-2H3. The summed E-state index contributed by atoms with van der Waals surface area (Å²) in [6.45, 7) is 0.674. The summed E-state index contributed by atoms with van der Waals surface area (Å²) in [6, 6.07) is 6.69. The van der Waals surface area contributed by atoms with Crippen LogP contribution in [0.15, 0.2) is 29.3 Å². The highest BCUT2D eigenvalue weighted by Gasteiger charge is 2.40. The van der Waals surface area contributed by atoms with Crippen molar-refractivity contribution in [1.29, 1.82) is 0 Å². The minimum atomic E-state index is -4.51. The van der Waals surface area contributed by atoms with Crippen molar-refractivity contribution < 1.29 is 17.9 Å². The summed E-state index contributed by atoms with van der Waals surface area (Å²) in [7, 11) is 3.36. The van der Waals surface area contributed by atoms with Crippen LogP contribution in [0.2, 0.25) is 0 Å². The minimum Gasteiger partial charge on any atom is -0.497 e. The fourth-order valence-electron chi connectivity index (χ4n) is 3.68. The van der Waals surface area contributed by atoms with Crippen LogP contribution in [0.5, 0.6) is 5.75 Å². The Balaban J connectivity index is 2.16. The van der Waals surface area contributed by atoms with E-state index in [1.54, 1.807) is 30.3 Å². The van der Waals surface area contributed by atoms with Gasteiger partial charge in [0.25, 0.3) is 0 Å². The Kier molecular flexibility index (Phi) is 3.79. The molecule has 0 N–H and O–H groups in total. The number of hydrogen-bond donors (Lipinski definition) is 0. The van der Waals surface area contributed by atoms with Crippen LogP contribution in [0.3, 0.4) is 0 Å². The minimum absolute atomic E-state index is 0.00798. The summed E-state index contributed by atoms with van der Waals surface area (Å²) < 4.78 is 47.4. The molecule has 2 aromatic carbocycles. The fraction of sp³-hybridized carbons (Fsp3) is 0.250. The van der Waals surface area contributed by atoms with E-state index in [1.165, 1.54) is 13.3 Å². The van der Waals surface area contributed by atoms with E-state index in [1.807, 2.05) is 18.0 Å². The summed E-state index contributed by atoms with van der Waals surface area (Å²) in [5.74, 6) is 0.601. The van der Waals surface area contributed by atoms with Crippen LogP contribution in [0, 0.1) is 0 Å². The lowest BCUT2D eigenvalue weighted by Gasteiger charge is -2.29. The molecule has 0 saturated carbocycles. The molecule has 0 fully saturated rings. The van der Waals surface area contributed by atoms with E-state index in [2.05, 4.69) is 4.99 Å². The molecule has 2 aromatic rings. The van der Waals surface area contributed by atoms with Crippen LogP contribution in [-0.4, -0.2) is 26.9 Å². The molecular formula is C20H17F3N2O. The summed E-state index contributed by atoms with van der Waals surface area (Å²) in [6.07, 6.45) is 1.39. The van der Waals surface area contributed by atoms with Gasteiger partial charge >= 0.3 is 6.18 Å². The maximum atomic E-state index is 14.1. The van der Waals surface area contributed by atoms with Gasteiger partial charge in [-0.25, -0.2) is 0 Å². The number of fused-ring (bicyclic) bond motifs is 3. The second kappa shape index (κ2) is 5.90. The molecule has 26 heavy (non-hydrogen) atoms. The smallest absolute Gasteiger partial charge is 0.419 e. The van der Waals surface area contributed by atoms with Crippen LogP contribution in [-0.2, 0) is 6.18 Å². The second-order valence-corrected chi connectivity index (χ2v) is 6.36. The van der Waals surface area contributed by atoms with E-state index >= 15 is 0 Å². The van der Waals surface area contributed by atoms with E-state index in [4.69, 9.17) is 4.74 Å². The quantitative estimate of drug-likeness (QED) is 0.821. The van der Waals surface area contributed by atoms with Crippen molar-refractivity contribution in [3.63, 3.8) is 0 Å². The molecule has 4 rings (SSSR count). The number of halogens is 3. The average Bonchev–Trinajstić information content (AvgIpc) is 3.09. The lowest BCUT2D eigenvalue weighted by molar-refractivity contribution is -0.136. The van der Waals surface area contributed by atoms with Crippen molar-refractivity contribution in [2.75, 3.05) is 25.6 Å². The summed E-state index contributed by atoms with van der Waals surface area (Å²) in [5, 5.41) is 1.38. The highest BCUT2D eigenvalue weighted by atomic mass is 19.4. The van der Waals surface area contributed by atoms with Gasteiger partial charge in [-0.15, -0.1) is 0 Å². The summed E-state index contributed by atoms with van der Waals surface area (Å²) in [4.78, 5) is 5.95. The molecule has 0 amide bonds. The van der Waals surface area contributed by atoms with Crippen molar-refractivity contribution in [3.8, 4) is 16.9 Å². The number of alkyl halides is 3. The normalized spacial score (nSPS) is 15.2. The number of hydrogen-bond acceptors (Lipinski definition) is 3. The summed E-state index contributed by atoms with van der Waals surface area (Å²) >= 11 is 0. The van der Waals surface area contributed by atoms with Crippen LogP contribution in [0.4, 0.5) is 24.5 Å². The van der Waals surface area contributed by atoms with Gasteiger partial charge in [-0.2, -0.15) is 13.2 Å². The lowest BCUT2D eigenvalue weighted by Crippen LogP contribution is -2.38. The average molecular weight is 358 g/mol. The number of rotatable bonds is 2. The third-order valence-corrected chi connectivity index (χ3v) is 4.83. The summed E-state index contributed by atoms with van der Waals surface area (Å²) in [5.41, 5.74) is 0.618. The molecule has 0 aromatic heterocycles. The number of ether oxygens (including phenoxy) is 1. The molecule has 3 nitrogen and oxygen atoms in total. The van der Waals surface area contributed by atoms with Crippen LogP contribution < -0.4 is 20.1 Å². The number of methoxy groups -OCH3 is 1. The Morgan fingerprint density at radius 1 is 1.12 bits per heavy atom. The van der Waals surface area contributed by atoms with Crippen molar-refractivity contribution in [1.82, 2.24) is 0 Å². The van der Waals surface area contributed by atoms with Crippen LogP contribution in [0.1, 0.15) is 12.0 Å². The predicted octanol–water partition coefficient (Wildman–Crippen LogP) is 3.50. The largest absolute Gasteiger partial charge is 0.497 e. The topological polar surface area (TPSA) is 24.8 Å². The Hall–Kier alpha value is -2.76. The number of benzene rings is 2. The zero-order valence-corrected chi connectivity index (χ0v) is 14.4. The maximum absolute atomic E-state index is 14.1. The highest BCUT2D eigenvalue weighted by molar-refractivity contribution is 6.00. The second-order valence-electron chi connectivity index (χ2n) is 6.36. The Labute approximate surface area is 148 Å². The molecule has 2 heterocycles. The monoisotopic (exact) mass is 358 g/mol. The first kappa shape index (κ1) is 16.7. The SMILES string of the molecule is COc1ccc(-c2c(C(F)(F)F)c3c(c4c2N(C)CCC=4)=CC=N3)cc1. The van der Waals surface area contributed by atoms with E-state index in [0.717, 1.165) is 11.6 Å². The van der Waals surface area contributed by atoms with Gasteiger partial charge in [0.2, 0.25) is 0 Å². The Morgan fingerprint density at radius 3 is 2.50 bits per heavy atom. The zero-order valence-electron chi connectivity index (χ0n) is 14.4. The molecule has 0 spiro atoms. The van der Waals surface area contributed by atoms with E-state index in [-0.39, 0.29) is 11.3 Å². The molecule has 134 valence electrons. The maximum Gasteiger partial charge on any atom is 0.419 e. The van der Waals surface area contributed by atoms with Crippen molar-refractivity contribution in [2.24, 2.45) is 4.99 Å². The molecule has 2 aliphatic heterocycles. The molecule has 0 bridgehead atoms. The highest BCUT2D eigenvalue weighted by Crippen LogP contribution is 2.45. The van der Waals surface area contributed by atoms with Gasteiger partial charge in [0.05, 0.1) is 24.0 Å². The molecule has 0 atom stereocenters. The zero-order chi connectivity index (χ0) is 18.5. The Morgan fingerprint density at radius 2 is 1.85 bits per heavy atom. The van der Waals surface area contributed by atoms with Gasteiger partial charge in [0.1, 0.15) is 5.75 Å². The number of anilines is 1.